The lowest BCUT2D eigenvalue weighted by molar-refractivity contribution is 0.167. The zero-order valence-corrected chi connectivity index (χ0v) is 13.9. The molecule has 0 amide bonds. The number of halogens is 1. The Balaban J connectivity index is 1.43. The predicted molar refractivity (Wildman–Crippen MR) is 97.4 cm³/mol. The zero-order chi connectivity index (χ0) is 16.6. The van der Waals surface area contributed by atoms with Crippen LogP contribution in [0.15, 0.2) is 55.1 Å². The van der Waals surface area contributed by atoms with Crippen LogP contribution in [-0.2, 0) is 6.54 Å². The molecule has 1 fully saturated rings. The van der Waals surface area contributed by atoms with E-state index in [9.17, 15) is 4.39 Å². The molecule has 2 aromatic carbocycles. The van der Waals surface area contributed by atoms with Crippen LogP contribution in [0.2, 0.25) is 0 Å². The molecule has 0 bridgehead atoms. The number of rotatable bonds is 2. The number of likely N-dealkylation sites (tertiary alicyclic amines) is 1. The molecule has 4 rings (SSSR count). The van der Waals surface area contributed by atoms with E-state index < -0.39 is 0 Å². The fourth-order valence-corrected chi connectivity index (χ4v) is 4.02. The van der Waals surface area contributed by atoms with E-state index in [2.05, 4.69) is 41.1 Å². The molecule has 1 N–H and O–H groups in total. The Labute approximate surface area is 143 Å². The van der Waals surface area contributed by atoms with Crippen LogP contribution in [0.5, 0.6) is 0 Å². The number of para-hydroxylation sites is 1. The number of piperidine rings is 1. The fraction of sp³-hybridized carbons (Fsp3) is 0.333. The molecule has 0 aromatic heterocycles. The largest absolute Gasteiger partial charge is 0.379 e. The van der Waals surface area contributed by atoms with Gasteiger partial charge < -0.3 is 5.32 Å². The van der Waals surface area contributed by atoms with Gasteiger partial charge in [0.05, 0.1) is 0 Å². The average Bonchev–Trinajstić information content (AvgIpc) is 2.59. The summed E-state index contributed by atoms with van der Waals surface area (Å²) in [6, 6.07) is 15.3. The Morgan fingerprint density at radius 2 is 1.75 bits per heavy atom. The summed E-state index contributed by atoms with van der Waals surface area (Å²) in [7, 11) is 0. The van der Waals surface area contributed by atoms with Gasteiger partial charge in [0.2, 0.25) is 0 Å². The van der Waals surface area contributed by atoms with Crippen LogP contribution in [0, 0.1) is 5.82 Å². The molecule has 24 heavy (non-hydrogen) atoms. The van der Waals surface area contributed by atoms with Gasteiger partial charge in [-0.2, -0.15) is 0 Å². The normalized spacial score (nSPS) is 19.8. The summed E-state index contributed by atoms with van der Waals surface area (Å²) in [6.07, 6.45) is 3.25. The Bertz CT molecular complexity index is 743. The van der Waals surface area contributed by atoms with E-state index in [1.54, 1.807) is 12.1 Å². The highest BCUT2D eigenvalue weighted by Crippen LogP contribution is 2.42. The van der Waals surface area contributed by atoms with Crippen LogP contribution in [0.25, 0.3) is 5.57 Å². The number of benzene rings is 2. The number of nitrogens with zero attached hydrogens (tertiary/aromatic N) is 1. The van der Waals surface area contributed by atoms with Gasteiger partial charge in [0.25, 0.3) is 0 Å². The summed E-state index contributed by atoms with van der Waals surface area (Å²) >= 11 is 0. The first kappa shape index (κ1) is 15.4. The van der Waals surface area contributed by atoms with E-state index in [0.29, 0.717) is 0 Å². The first-order chi connectivity index (χ1) is 11.6. The second-order valence-corrected chi connectivity index (χ2v) is 7.13. The molecular weight excluding hydrogens is 299 g/mol. The molecule has 2 nitrogen and oxygen atoms in total. The quantitative estimate of drug-likeness (QED) is 0.863. The Morgan fingerprint density at radius 3 is 2.50 bits per heavy atom. The molecule has 2 heterocycles. The van der Waals surface area contributed by atoms with Gasteiger partial charge in [0, 0.05) is 36.4 Å². The molecule has 2 aliphatic heterocycles. The van der Waals surface area contributed by atoms with E-state index in [0.717, 1.165) is 38.9 Å². The topological polar surface area (TPSA) is 15.3 Å². The molecule has 0 radical (unpaired) electrons. The lowest BCUT2D eigenvalue weighted by atomic mass is 9.77. The summed E-state index contributed by atoms with van der Waals surface area (Å²) in [4.78, 5) is 2.46. The SMILES string of the molecule is C=C1CC2(CCN(Cc3ccc(F)cc3)CC2)Nc2ccccc21. The monoisotopic (exact) mass is 322 g/mol. The van der Waals surface area contributed by atoms with Crippen molar-refractivity contribution in [2.75, 3.05) is 18.4 Å². The van der Waals surface area contributed by atoms with Crippen LogP contribution in [-0.4, -0.2) is 23.5 Å². The predicted octanol–water partition coefficient (Wildman–Crippen LogP) is 4.69. The molecule has 1 spiro atoms. The maximum atomic E-state index is 13.0. The summed E-state index contributed by atoms with van der Waals surface area (Å²) in [5.74, 6) is -0.167. The van der Waals surface area contributed by atoms with Crippen molar-refractivity contribution in [1.29, 1.82) is 0 Å². The minimum absolute atomic E-state index is 0.144. The summed E-state index contributed by atoms with van der Waals surface area (Å²) in [5, 5.41) is 3.80. The third-order valence-electron chi connectivity index (χ3n) is 5.39. The Morgan fingerprint density at radius 1 is 1.04 bits per heavy atom. The van der Waals surface area contributed by atoms with Crippen molar-refractivity contribution in [2.24, 2.45) is 0 Å². The second kappa shape index (κ2) is 6.06. The van der Waals surface area contributed by atoms with Gasteiger partial charge in [-0.15, -0.1) is 0 Å². The van der Waals surface area contributed by atoms with Crippen molar-refractivity contribution < 1.29 is 4.39 Å². The highest BCUT2D eigenvalue weighted by Gasteiger charge is 2.38. The van der Waals surface area contributed by atoms with Crippen molar-refractivity contribution in [1.82, 2.24) is 4.90 Å². The summed E-state index contributed by atoms with van der Waals surface area (Å²) in [6.45, 7) is 7.32. The first-order valence-electron chi connectivity index (χ1n) is 8.66. The van der Waals surface area contributed by atoms with E-state index in [-0.39, 0.29) is 11.4 Å². The van der Waals surface area contributed by atoms with E-state index in [1.807, 2.05) is 12.1 Å². The third kappa shape index (κ3) is 2.96. The van der Waals surface area contributed by atoms with Crippen molar-refractivity contribution in [3.05, 3.63) is 72.1 Å². The fourth-order valence-electron chi connectivity index (χ4n) is 4.02. The van der Waals surface area contributed by atoms with Gasteiger partial charge in [-0.25, -0.2) is 4.39 Å². The third-order valence-corrected chi connectivity index (χ3v) is 5.39. The van der Waals surface area contributed by atoms with Gasteiger partial charge >= 0.3 is 0 Å². The maximum Gasteiger partial charge on any atom is 0.123 e. The maximum absolute atomic E-state index is 13.0. The number of fused-ring (bicyclic) bond motifs is 1. The zero-order valence-electron chi connectivity index (χ0n) is 13.9. The van der Waals surface area contributed by atoms with Crippen LogP contribution < -0.4 is 5.32 Å². The smallest absolute Gasteiger partial charge is 0.123 e. The van der Waals surface area contributed by atoms with Crippen molar-refractivity contribution in [3.63, 3.8) is 0 Å². The molecular formula is C21H23FN2. The first-order valence-corrected chi connectivity index (χ1v) is 8.66. The lowest BCUT2D eigenvalue weighted by Crippen LogP contribution is -2.50. The van der Waals surface area contributed by atoms with Gasteiger partial charge in [0.15, 0.2) is 0 Å². The highest BCUT2D eigenvalue weighted by atomic mass is 19.1. The average molecular weight is 322 g/mol. The molecule has 2 aromatic rings. The Kier molecular flexibility index (Phi) is 3.89. The standard InChI is InChI=1S/C21H23FN2/c1-16-14-21(23-20-5-3-2-4-19(16)20)10-12-24(13-11-21)15-17-6-8-18(22)9-7-17/h2-9,23H,1,10-15H2. The molecule has 3 heteroatoms. The van der Waals surface area contributed by atoms with Crippen LogP contribution >= 0.6 is 0 Å². The Hall–Kier alpha value is -2.13. The van der Waals surface area contributed by atoms with Crippen LogP contribution in [0.1, 0.15) is 30.4 Å². The van der Waals surface area contributed by atoms with E-state index in [4.69, 9.17) is 0 Å². The molecule has 2 aliphatic rings. The second-order valence-electron chi connectivity index (χ2n) is 7.13. The molecule has 0 atom stereocenters. The minimum Gasteiger partial charge on any atom is -0.379 e. The molecule has 124 valence electrons. The summed E-state index contributed by atoms with van der Waals surface area (Å²) in [5.41, 5.74) is 5.05. The van der Waals surface area contributed by atoms with E-state index in [1.165, 1.54) is 22.4 Å². The molecule has 0 saturated carbocycles. The van der Waals surface area contributed by atoms with Crippen molar-refractivity contribution in [3.8, 4) is 0 Å². The molecule has 0 unspecified atom stereocenters. The number of nitrogens with one attached hydrogen (secondary N) is 1. The number of hydrogen-bond donors (Lipinski definition) is 1. The minimum atomic E-state index is -0.167. The highest BCUT2D eigenvalue weighted by molar-refractivity contribution is 5.79. The lowest BCUT2D eigenvalue weighted by Gasteiger charge is -2.46. The number of hydrogen-bond acceptors (Lipinski definition) is 2. The molecule has 0 aliphatic carbocycles. The van der Waals surface area contributed by atoms with Crippen molar-refractivity contribution >= 4 is 11.3 Å². The van der Waals surface area contributed by atoms with Gasteiger partial charge in [0.1, 0.15) is 5.82 Å². The van der Waals surface area contributed by atoms with Crippen LogP contribution in [0.4, 0.5) is 10.1 Å². The number of anilines is 1. The van der Waals surface area contributed by atoms with Gasteiger partial charge in [-0.3, -0.25) is 4.90 Å². The summed E-state index contributed by atoms with van der Waals surface area (Å²) < 4.78 is 13.0. The van der Waals surface area contributed by atoms with Crippen LogP contribution in [0.3, 0.4) is 0 Å². The molecule has 1 saturated heterocycles. The van der Waals surface area contributed by atoms with Crippen molar-refractivity contribution in [2.45, 2.75) is 31.3 Å². The van der Waals surface area contributed by atoms with Gasteiger partial charge in [-0.05, 0) is 48.6 Å². The van der Waals surface area contributed by atoms with Gasteiger partial charge in [-0.1, -0.05) is 36.9 Å². The van der Waals surface area contributed by atoms with E-state index >= 15 is 0 Å².